The highest BCUT2D eigenvalue weighted by Crippen LogP contribution is 2.33. The number of halogens is 4. The number of alkyl halides is 3. The van der Waals surface area contributed by atoms with E-state index in [1.807, 2.05) is 4.90 Å². The van der Waals surface area contributed by atoms with Crippen molar-refractivity contribution in [3.05, 3.63) is 47.7 Å². The van der Waals surface area contributed by atoms with E-state index in [-0.39, 0.29) is 11.4 Å². The van der Waals surface area contributed by atoms with Crippen molar-refractivity contribution in [2.75, 3.05) is 23.3 Å². The molecule has 1 aromatic heterocycles. The average Bonchev–Trinajstić information content (AvgIpc) is 3.10. The first kappa shape index (κ1) is 17.1. The lowest BCUT2D eigenvalue weighted by Crippen LogP contribution is -2.21. The normalized spacial score (nSPS) is 14.6. The summed E-state index contributed by atoms with van der Waals surface area (Å²) in [4.78, 5) is 22.2. The molecule has 1 aliphatic rings. The zero-order valence-corrected chi connectivity index (χ0v) is 13.0. The second-order valence-electron chi connectivity index (χ2n) is 5.60. The average molecular weight is 354 g/mol. The van der Waals surface area contributed by atoms with Crippen LogP contribution in [0.5, 0.6) is 0 Å². The number of amides is 1. The lowest BCUT2D eigenvalue weighted by atomic mass is 10.1. The minimum absolute atomic E-state index is 0.0229. The summed E-state index contributed by atoms with van der Waals surface area (Å²) >= 11 is 0. The first-order valence-corrected chi connectivity index (χ1v) is 7.60. The van der Waals surface area contributed by atoms with Crippen molar-refractivity contribution in [2.45, 2.75) is 19.0 Å². The van der Waals surface area contributed by atoms with Crippen molar-refractivity contribution in [3.8, 4) is 0 Å². The highest BCUT2D eigenvalue weighted by Gasteiger charge is 2.34. The number of carbonyl (C=O) groups excluding carboxylic acids is 1. The molecule has 1 aromatic carbocycles. The Labute approximate surface area is 140 Å². The number of benzene rings is 1. The quantitative estimate of drug-likeness (QED) is 0.858. The van der Waals surface area contributed by atoms with Gasteiger partial charge in [0.1, 0.15) is 23.7 Å². The molecule has 2 aromatic rings. The molecule has 3 rings (SSSR count). The van der Waals surface area contributed by atoms with Gasteiger partial charge in [0, 0.05) is 24.8 Å². The second-order valence-corrected chi connectivity index (χ2v) is 5.60. The predicted octanol–water partition coefficient (Wildman–Crippen LogP) is 3.49. The van der Waals surface area contributed by atoms with Crippen LogP contribution in [-0.2, 0) is 6.18 Å². The molecule has 1 fully saturated rings. The van der Waals surface area contributed by atoms with Gasteiger partial charge in [-0.3, -0.25) is 4.79 Å². The summed E-state index contributed by atoms with van der Waals surface area (Å²) < 4.78 is 51.5. The van der Waals surface area contributed by atoms with Crippen molar-refractivity contribution in [1.82, 2.24) is 9.97 Å². The number of anilines is 2. The molecule has 132 valence electrons. The Balaban J connectivity index is 1.80. The van der Waals surface area contributed by atoms with Gasteiger partial charge in [-0.2, -0.15) is 13.2 Å². The summed E-state index contributed by atoms with van der Waals surface area (Å²) in [5.41, 5.74) is -1.58. The minimum Gasteiger partial charge on any atom is -0.357 e. The third-order valence-electron chi connectivity index (χ3n) is 3.84. The molecular weight excluding hydrogens is 340 g/mol. The monoisotopic (exact) mass is 354 g/mol. The van der Waals surface area contributed by atoms with Gasteiger partial charge in [-0.05, 0) is 31.0 Å². The van der Waals surface area contributed by atoms with E-state index >= 15 is 0 Å². The Bertz CT molecular complexity index is 788. The molecule has 1 aliphatic heterocycles. The van der Waals surface area contributed by atoms with E-state index < -0.39 is 23.5 Å². The highest BCUT2D eigenvalue weighted by molar-refractivity contribution is 6.03. The zero-order valence-electron chi connectivity index (χ0n) is 13.0. The van der Waals surface area contributed by atoms with E-state index in [2.05, 4.69) is 15.3 Å². The molecule has 5 nitrogen and oxygen atoms in total. The van der Waals surface area contributed by atoms with E-state index in [0.717, 1.165) is 32.0 Å². The van der Waals surface area contributed by atoms with Crippen LogP contribution in [0.2, 0.25) is 0 Å². The fraction of sp³-hybridized carbons (Fsp3) is 0.312. The lowest BCUT2D eigenvalue weighted by Gasteiger charge is -2.16. The van der Waals surface area contributed by atoms with Gasteiger partial charge in [0.25, 0.3) is 5.91 Å². The molecule has 0 bridgehead atoms. The number of hydrogen-bond donors (Lipinski definition) is 1. The van der Waals surface area contributed by atoms with Crippen LogP contribution in [0, 0.1) is 5.82 Å². The maximum Gasteiger partial charge on any atom is 0.419 e. The molecule has 1 amide bonds. The van der Waals surface area contributed by atoms with Crippen LogP contribution in [0.3, 0.4) is 0 Å². The van der Waals surface area contributed by atoms with Crippen molar-refractivity contribution in [2.24, 2.45) is 0 Å². The van der Waals surface area contributed by atoms with Crippen molar-refractivity contribution >= 4 is 17.4 Å². The second kappa shape index (κ2) is 6.66. The van der Waals surface area contributed by atoms with Gasteiger partial charge < -0.3 is 10.2 Å². The molecule has 1 N–H and O–H groups in total. The Morgan fingerprint density at radius 1 is 1.12 bits per heavy atom. The molecule has 9 heteroatoms. The van der Waals surface area contributed by atoms with Gasteiger partial charge in [0.15, 0.2) is 0 Å². The summed E-state index contributed by atoms with van der Waals surface area (Å²) in [5.74, 6) is -1.50. The maximum absolute atomic E-state index is 13.3. The lowest BCUT2D eigenvalue weighted by molar-refractivity contribution is -0.139. The number of hydrogen-bond acceptors (Lipinski definition) is 4. The fourth-order valence-corrected chi connectivity index (χ4v) is 2.61. The zero-order chi connectivity index (χ0) is 18.0. The summed E-state index contributed by atoms with van der Waals surface area (Å²) in [5, 5.41) is 2.30. The SMILES string of the molecule is O=C(Nc1ccc(F)c(C(F)(F)F)c1)c1cc(N2CCCC2)ncn1. The van der Waals surface area contributed by atoms with Crippen LogP contribution in [0.4, 0.5) is 29.1 Å². The van der Waals surface area contributed by atoms with E-state index in [0.29, 0.717) is 18.0 Å². The van der Waals surface area contributed by atoms with Crippen LogP contribution < -0.4 is 10.2 Å². The number of nitrogens with one attached hydrogen (secondary N) is 1. The van der Waals surface area contributed by atoms with E-state index in [1.165, 1.54) is 12.4 Å². The summed E-state index contributed by atoms with van der Waals surface area (Å²) in [6.07, 6.45) is -1.56. The maximum atomic E-state index is 13.3. The van der Waals surface area contributed by atoms with Crippen LogP contribution in [0.25, 0.3) is 0 Å². The summed E-state index contributed by atoms with van der Waals surface area (Å²) in [6.45, 7) is 1.65. The molecule has 0 radical (unpaired) electrons. The van der Waals surface area contributed by atoms with Gasteiger partial charge in [0.2, 0.25) is 0 Å². The first-order chi connectivity index (χ1) is 11.8. The third-order valence-corrected chi connectivity index (χ3v) is 3.84. The highest BCUT2D eigenvalue weighted by atomic mass is 19.4. The largest absolute Gasteiger partial charge is 0.419 e. The summed E-state index contributed by atoms with van der Waals surface area (Å²) in [7, 11) is 0. The molecule has 1 saturated heterocycles. The smallest absolute Gasteiger partial charge is 0.357 e. The molecule has 0 atom stereocenters. The first-order valence-electron chi connectivity index (χ1n) is 7.60. The van der Waals surface area contributed by atoms with Crippen molar-refractivity contribution in [1.29, 1.82) is 0 Å². The van der Waals surface area contributed by atoms with Gasteiger partial charge in [0.05, 0.1) is 5.56 Å². The minimum atomic E-state index is -4.84. The standard InChI is InChI=1S/C16H14F4N4O/c17-12-4-3-10(7-11(12)16(18,19)20)23-15(25)13-8-14(22-9-21-13)24-5-1-2-6-24/h3-4,7-9H,1-2,5-6H2,(H,23,25). The van der Waals surface area contributed by atoms with E-state index in [9.17, 15) is 22.4 Å². The molecule has 0 unspecified atom stereocenters. The third kappa shape index (κ3) is 3.86. The van der Waals surface area contributed by atoms with E-state index in [4.69, 9.17) is 0 Å². The number of rotatable bonds is 3. The fourth-order valence-electron chi connectivity index (χ4n) is 2.61. The molecular formula is C16H14F4N4O. The van der Waals surface area contributed by atoms with Crippen molar-refractivity contribution in [3.63, 3.8) is 0 Å². The van der Waals surface area contributed by atoms with Crippen LogP contribution in [-0.4, -0.2) is 29.0 Å². The Kier molecular flexibility index (Phi) is 4.56. The van der Waals surface area contributed by atoms with Crippen LogP contribution in [0.1, 0.15) is 28.9 Å². The van der Waals surface area contributed by atoms with Crippen molar-refractivity contribution < 1.29 is 22.4 Å². The Hall–Kier alpha value is -2.71. The van der Waals surface area contributed by atoms with Crippen LogP contribution in [0.15, 0.2) is 30.6 Å². The van der Waals surface area contributed by atoms with Gasteiger partial charge >= 0.3 is 6.18 Å². The molecule has 2 heterocycles. The predicted molar refractivity (Wildman–Crippen MR) is 82.8 cm³/mol. The Morgan fingerprint density at radius 3 is 2.52 bits per heavy atom. The molecule has 25 heavy (non-hydrogen) atoms. The molecule has 0 aliphatic carbocycles. The molecule has 0 spiro atoms. The number of nitrogens with zero attached hydrogens (tertiary/aromatic N) is 3. The molecule has 0 saturated carbocycles. The van der Waals surface area contributed by atoms with Crippen LogP contribution >= 0.6 is 0 Å². The summed E-state index contributed by atoms with van der Waals surface area (Å²) in [6, 6.07) is 3.75. The number of carbonyl (C=O) groups is 1. The Morgan fingerprint density at radius 2 is 1.84 bits per heavy atom. The topological polar surface area (TPSA) is 58.1 Å². The number of aromatic nitrogens is 2. The van der Waals surface area contributed by atoms with Gasteiger partial charge in [-0.1, -0.05) is 0 Å². The van der Waals surface area contributed by atoms with Gasteiger partial charge in [-0.15, -0.1) is 0 Å². The van der Waals surface area contributed by atoms with Gasteiger partial charge in [-0.25, -0.2) is 14.4 Å². The van der Waals surface area contributed by atoms with E-state index in [1.54, 1.807) is 0 Å².